The Kier molecular flexibility index (Phi) is 18.0. The van der Waals surface area contributed by atoms with Gasteiger partial charge in [0.15, 0.2) is 0 Å². The van der Waals surface area contributed by atoms with Crippen molar-refractivity contribution in [2.24, 2.45) is 0 Å². The first-order valence-electron chi connectivity index (χ1n) is 39.1. The number of thiophene rings is 2. The molecule has 4 nitrogen and oxygen atoms in total. The molecule has 114 heavy (non-hydrogen) atoms. The lowest BCUT2D eigenvalue weighted by Gasteiger charge is -2.26. The van der Waals surface area contributed by atoms with E-state index in [0.29, 0.717) is 0 Å². The Morgan fingerprint density at radius 3 is 0.833 bits per heavy atom. The van der Waals surface area contributed by atoms with Crippen LogP contribution >= 0.6 is 22.7 Å². The fraction of sp³-hybridized carbons (Fsp3) is 0.0280. The van der Waals surface area contributed by atoms with E-state index in [9.17, 15) is 0 Å². The molecule has 0 unspecified atom stereocenters. The molecule has 0 amide bonds. The SMILES string of the molecule is C[Si](C)(C)c1ccc(N(c2ccccc2)c2ccc3c(c2)sc2c4ccc(-c5ccc(N(c6ccccc6)c6ccccc6)cc5)cc4c4ccccc4c32)cc1.c1ccc(N(c2ccccc2)c2ccc(-c3ccc4c(c3)c3ccccc3c3c5ccc(N(c6ccccc6)c6ccc7ccccc7c6)cc5sc43)cc2)cc1. The molecule has 19 aromatic carbocycles. The number of hydrogen-bond acceptors (Lipinski definition) is 6. The van der Waals surface area contributed by atoms with E-state index in [4.69, 9.17) is 0 Å². The van der Waals surface area contributed by atoms with Crippen LogP contribution in [0.2, 0.25) is 19.6 Å². The summed E-state index contributed by atoms with van der Waals surface area (Å²) in [4.78, 5) is 9.39. The van der Waals surface area contributed by atoms with Gasteiger partial charge in [0, 0.05) is 119 Å². The summed E-state index contributed by atoms with van der Waals surface area (Å²) in [5.41, 5.74) is 18.5. The molecule has 0 saturated carbocycles. The third-order valence-electron chi connectivity index (χ3n) is 22.4. The predicted octanol–water partition coefficient (Wildman–Crippen LogP) is 31.6. The van der Waals surface area contributed by atoms with Crippen molar-refractivity contribution < 1.29 is 0 Å². The summed E-state index contributed by atoms with van der Waals surface area (Å²) in [5, 5.41) is 19.5. The van der Waals surface area contributed by atoms with Gasteiger partial charge in [0.2, 0.25) is 0 Å². The Bertz CT molecular complexity index is 7040. The second-order valence-corrected chi connectivity index (χ2v) is 37.5. The van der Waals surface area contributed by atoms with Gasteiger partial charge in [0.1, 0.15) is 0 Å². The highest BCUT2D eigenvalue weighted by Crippen LogP contribution is 2.51. The van der Waals surface area contributed by atoms with E-state index < -0.39 is 8.07 Å². The first kappa shape index (κ1) is 69.5. The van der Waals surface area contributed by atoms with Gasteiger partial charge in [0.25, 0.3) is 0 Å². The molecule has 0 bridgehead atoms. The van der Waals surface area contributed by atoms with Gasteiger partial charge in [-0.2, -0.15) is 0 Å². The van der Waals surface area contributed by atoms with Gasteiger partial charge < -0.3 is 19.6 Å². The van der Waals surface area contributed by atoms with E-state index >= 15 is 0 Å². The highest BCUT2D eigenvalue weighted by molar-refractivity contribution is 7.27. The van der Waals surface area contributed by atoms with Crippen LogP contribution in [0.15, 0.2) is 419 Å². The first-order valence-corrected chi connectivity index (χ1v) is 44.2. The average molecular weight is 1510 g/mol. The summed E-state index contributed by atoms with van der Waals surface area (Å²) in [7, 11) is -1.42. The molecular formula is C107H78N4S2Si. The molecular weight excluding hydrogens is 1430 g/mol. The molecule has 542 valence electrons. The molecule has 0 fully saturated rings. The molecule has 0 aliphatic heterocycles. The lowest BCUT2D eigenvalue weighted by atomic mass is 9.94. The lowest BCUT2D eigenvalue weighted by Crippen LogP contribution is -2.37. The summed E-state index contributed by atoms with van der Waals surface area (Å²) in [5.74, 6) is 0. The maximum atomic E-state index is 2.41. The van der Waals surface area contributed by atoms with E-state index in [0.717, 1.165) is 56.9 Å². The molecule has 21 aromatic rings. The van der Waals surface area contributed by atoms with Gasteiger partial charge in [-0.15, -0.1) is 22.7 Å². The summed E-state index contributed by atoms with van der Waals surface area (Å²) < 4.78 is 5.24. The molecule has 0 N–H and O–H groups in total. The van der Waals surface area contributed by atoms with Crippen LogP contribution in [0.3, 0.4) is 0 Å². The summed E-state index contributed by atoms with van der Waals surface area (Å²) in [6.07, 6.45) is 0. The minimum absolute atomic E-state index is 1.13. The maximum Gasteiger partial charge on any atom is 0.0775 e. The molecule has 7 heteroatoms. The van der Waals surface area contributed by atoms with E-state index in [1.807, 2.05) is 22.7 Å². The Morgan fingerprint density at radius 1 is 0.184 bits per heavy atom. The average Bonchev–Trinajstić information content (AvgIpc) is 1.57. The molecule has 0 aliphatic carbocycles. The van der Waals surface area contributed by atoms with Crippen LogP contribution in [0.5, 0.6) is 0 Å². The maximum absolute atomic E-state index is 2.41. The number of hydrogen-bond donors (Lipinski definition) is 0. The van der Waals surface area contributed by atoms with Gasteiger partial charge in [0.05, 0.1) is 8.07 Å². The zero-order valence-electron chi connectivity index (χ0n) is 63.4. The van der Waals surface area contributed by atoms with Crippen LogP contribution < -0.4 is 24.8 Å². The van der Waals surface area contributed by atoms with Crippen molar-refractivity contribution >= 4 is 198 Å². The smallest absolute Gasteiger partial charge is 0.0775 e. The second-order valence-electron chi connectivity index (χ2n) is 30.4. The van der Waals surface area contributed by atoms with Gasteiger partial charge in [-0.05, 0) is 223 Å². The third-order valence-corrected chi connectivity index (χ3v) is 26.8. The molecule has 2 heterocycles. The largest absolute Gasteiger partial charge is 0.311 e. The summed E-state index contributed by atoms with van der Waals surface area (Å²) in [6.45, 7) is 7.22. The normalized spacial score (nSPS) is 11.6. The standard InChI is InChI=1S/C54H36N2S.C53H42N2SSi/c1-4-16-41(17-5-1)55(42-18-6-2-7-19-42)44-28-24-38(25-29-44)40-27-32-49-51(35-40)47-22-12-13-23-48(47)53-50-33-31-46(36-52(50)57-54(49)53)56(43-20-8-3-9-21-43)45-30-26-37-14-10-11-15-39(37)34-45;1-57(2,3)45-31-28-43(29-32-45)55(41-19-11-6-12-20-41)44-30-34-49-51(36-44)56-53-48-33-25-38(35-50(48)46-21-13-14-22-47(46)52(49)53)37-23-26-42(27-24-37)54(39-15-7-4-8-16-39)40-17-9-5-10-18-40/h1-36H;4-36H,1-3H3. The fourth-order valence-electron chi connectivity index (χ4n) is 16.8. The minimum Gasteiger partial charge on any atom is -0.311 e. The highest BCUT2D eigenvalue weighted by Gasteiger charge is 2.24. The molecule has 0 atom stereocenters. The summed E-state index contributed by atoms with van der Waals surface area (Å²) in [6, 6.07) is 152. The van der Waals surface area contributed by atoms with E-state index in [2.05, 4.69) is 458 Å². The second kappa shape index (κ2) is 29.5. The number of rotatable bonds is 15. The van der Waals surface area contributed by atoms with Crippen LogP contribution in [0.4, 0.5) is 68.2 Å². The topological polar surface area (TPSA) is 13.0 Å². The number of para-hydroxylation sites is 6. The Morgan fingerprint density at radius 2 is 0.456 bits per heavy atom. The number of fused-ring (bicyclic) bond motifs is 17. The lowest BCUT2D eigenvalue weighted by molar-refractivity contribution is 1.28. The van der Waals surface area contributed by atoms with Crippen molar-refractivity contribution in [3.63, 3.8) is 0 Å². The van der Waals surface area contributed by atoms with Crippen LogP contribution in [-0.2, 0) is 0 Å². The Hall–Kier alpha value is -13.7. The van der Waals surface area contributed by atoms with Gasteiger partial charge >= 0.3 is 0 Å². The number of nitrogens with zero attached hydrogens (tertiary/aromatic N) is 4. The van der Waals surface area contributed by atoms with Crippen molar-refractivity contribution in [1.82, 2.24) is 0 Å². The first-order chi connectivity index (χ1) is 56.2. The molecule has 0 saturated heterocycles. The van der Waals surface area contributed by atoms with Crippen molar-refractivity contribution in [3.8, 4) is 22.3 Å². The molecule has 0 radical (unpaired) electrons. The van der Waals surface area contributed by atoms with Crippen LogP contribution in [0, 0.1) is 0 Å². The fourth-order valence-corrected chi connectivity index (χ4v) is 20.6. The third kappa shape index (κ3) is 12.9. The molecule has 0 spiro atoms. The van der Waals surface area contributed by atoms with Crippen molar-refractivity contribution in [1.29, 1.82) is 0 Å². The van der Waals surface area contributed by atoms with Gasteiger partial charge in [-0.25, -0.2) is 0 Å². The Balaban J connectivity index is 0.000000148. The van der Waals surface area contributed by atoms with E-state index in [1.165, 1.54) is 133 Å². The van der Waals surface area contributed by atoms with Crippen molar-refractivity contribution in [2.45, 2.75) is 19.6 Å². The highest BCUT2D eigenvalue weighted by atomic mass is 32.1. The van der Waals surface area contributed by atoms with E-state index in [-0.39, 0.29) is 0 Å². The van der Waals surface area contributed by atoms with E-state index in [1.54, 1.807) is 0 Å². The number of anilines is 12. The van der Waals surface area contributed by atoms with Crippen molar-refractivity contribution in [3.05, 3.63) is 419 Å². The van der Waals surface area contributed by atoms with Gasteiger partial charge in [-0.3, -0.25) is 0 Å². The molecule has 21 rings (SSSR count). The zero-order valence-corrected chi connectivity index (χ0v) is 66.1. The monoisotopic (exact) mass is 1510 g/mol. The van der Waals surface area contributed by atoms with Gasteiger partial charge in [-0.1, -0.05) is 286 Å². The zero-order chi connectivity index (χ0) is 76.2. The molecule has 0 aliphatic rings. The Labute approximate surface area is 673 Å². The predicted molar refractivity (Wildman–Crippen MR) is 499 cm³/mol. The summed E-state index contributed by atoms with van der Waals surface area (Å²) >= 11 is 3.81. The molecule has 2 aromatic heterocycles. The minimum atomic E-state index is -1.42. The number of benzene rings is 19. The van der Waals surface area contributed by atoms with Crippen LogP contribution in [0.25, 0.3) is 116 Å². The quantitative estimate of drug-likeness (QED) is 0.0749. The van der Waals surface area contributed by atoms with Crippen molar-refractivity contribution in [2.75, 3.05) is 19.6 Å². The van der Waals surface area contributed by atoms with Crippen LogP contribution in [0.1, 0.15) is 0 Å². The van der Waals surface area contributed by atoms with Crippen LogP contribution in [-0.4, -0.2) is 8.07 Å².